The molecule has 0 saturated heterocycles. The summed E-state index contributed by atoms with van der Waals surface area (Å²) in [6, 6.07) is 3.01. The van der Waals surface area contributed by atoms with Gasteiger partial charge in [-0.15, -0.1) is 5.10 Å². The van der Waals surface area contributed by atoms with Crippen molar-refractivity contribution in [1.29, 1.82) is 0 Å². The monoisotopic (exact) mass is 294 g/mol. The van der Waals surface area contributed by atoms with Crippen LogP contribution in [-0.2, 0) is 4.79 Å². The normalized spacial score (nSPS) is 10.2. The van der Waals surface area contributed by atoms with E-state index in [2.05, 4.69) is 20.5 Å². The highest BCUT2D eigenvalue weighted by atomic mass is 32.2. The van der Waals surface area contributed by atoms with Gasteiger partial charge in [0.25, 0.3) is 0 Å². The number of hydrogen-bond donors (Lipinski definition) is 2. The predicted octanol–water partition coefficient (Wildman–Crippen LogP) is 1.20. The number of nitrogens with zero attached hydrogens (tertiary/aromatic N) is 3. The van der Waals surface area contributed by atoms with Crippen LogP contribution in [0.5, 0.6) is 0 Å². The second-order valence-corrected chi connectivity index (χ2v) is 4.65. The van der Waals surface area contributed by atoms with Gasteiger partial charge in [-0.1, -0.05) is 16.9 Å². The third-order valence-electron chi connectivity index (χ3n) is 2.11. The van der Waals surface area contributed by atoms with Gasteiger partial charge in [-0.25, -0.2) is 9.78 Å². The molecule has 20 heavy (non-hydrogen) atoms. The Morgan fingerprint density at radius 3 is 2.75 bits per heavy atom. The van der Waals surface area contributed by atoms with Gasteiger partial charge in [0.15, 0.2) is 0 Å². The number of anilines is 1. The van der Waals surface area contributed by atoms with E-state index in [9.17, 15) is 9.59 Å². The molecule has 8 nitrogen and oxygen atoms in total. The molecule has 0 bridgehead atoms. The molecule has 2 aromatic rings. The molecule has 2 N–H and O–H groups in total. The summed E-state index contributed by atoms with van der Waals surface area (Å²) in [5.41, 5.74) is 0.0973. The topological polar surface area (TPSA) is 118 Å². The quantitative estimate of drug-likeness (QED) is 0.790. The molecule has 2 rings (SSSR count). The summed E-state index contributed by atoms with van der Waals surface area (Å²) in [4.78, 5) is 26.2. The molecule has 104 valence electrons. The van der Waals surface area contributed by atoms with Crippen molar-refractivity contribution >= 4 is 29.7 Å². The van der Waals surface area contributed by atoms with Gasteiger partial charge in [-0.3, -0.25) is 10.1 Å². The van der Waals surface area contributed by atoms with Crippen molar-refractivity contribution in [2.75, 3.05) is 11.1 Å². The van der Waals surface area contributed by atoms with Crippen LogP contribution in [0.25, 0.3) is 0 Å². The van der Waals surface area contributed by atoms with Gasteiger partial charge in [0, 0.05) is 13.1 Å². The first-order valence-electron chi connectivity index (χ1n) is 5.46. The Balaban J connectivity index is 1.85. The number of thioether (sulfide) groups is 1. The van der Waals surface area contributed by atoms with Gasteiger partial charge < -0.3 is 9.52 Å². The van der Waals surface area contributed by atoms with Crippen LogP contribution in [0.2, 0.25) is 0 Å². The number of carboxylic acid groups (broad SMARTS) is 1. The summed E-state index contributed by atoms with van der Waals surface area (Å²) in [6.07, 6.45) is 1.24. The maximum Gasteiger partial charge on any atom is 0.337 e. The molecule has 0 aliphatic carbocycles. The van der Waals surface area contributed by atoms with Crippen molar-refractivity contribution < 1.29 is 19.1 Å². The van der Waals surface area contributed by atoms with E-state index in [1.807, 2.05) is 0 Å². The lowest BCUT2D eigenvalue weighted by Gasteiger charge is -2.01. The Hall–Kier alpha value is -2.42. The number of rotatable bonds is 5. The van der Waals surface area contributed by atoms with Crippen LogP contribution >= 0.6 is 11.8 Å². The van der Waals surface area contributed by atoms with E-state index < -0.39 is 5.97 Å². The van der Waals surface area contributed by atoms with Crippen LogP contribution in [0.1, 0.15) is 16.2 Å². The zero-order chi connectivity index (χ0) is 14.5. The summed E-state index contributed by atoms with van der Waals surface area (Å²) in [5.74, 6) is -0.902. The largest absolute Gasteiger partial charge is 0.478 e. The molecule has 0 saturated carbocycles. The van der Waals surface area contributed by atoms with E-state index >= 15 is 0 Å². The molecular formula is C11H10N4O4S. The zero-order valence-electron chi connectivity index (χ0n) is 10.4. The van der Waals surface area contributed by atoms with E-state index in [4.69, 9.17) is 9.52 Å². The van der Waals surface area contributed by atoms with Crippen molar-refractivity contribution in [1.82, 2.24) is 15.2 Å². The van der Waals surface area contributed by atoms with E-state index in [1.165, 1.54) is 30.1 Å². The van der Waals surface area contributed by atoms with Gasteiger partial charge in [0.1, 0.15) is 0 Å². The Morgan fingerprint density at radius 1 is 1.40 bits per heavy atom. The first-order valence-corrected chi connectivity index (χ1v) is 6.45. The van der Waals surface area contributed by atoms with Crippen LogP contribution in [0, 0.1) is 6.92 Å². The Morgan fingerprint density at radius 2 is 2.20 bits per heavy atom. The fourth-order valence-electron chi connectivity index (χ4n) is 1.23. The van der Waals surface area contributed by atoms with Gasteiger partial charge in [-0.2, -0.15) is 0 Å². The number of nitrogens with one attached hydrogen (secondary N) is 1. The van der Waals surface area contributed by atoms with Crippen molar-refractivity contribution in [3.05, 3.63) is 29.8 Å². The van der Waals surface area contributed by atoms with Crippen molar-refractivity contribution in [2.45, 2.75) is 11.9 Å². The third kappa shape index (κ3) is 3.79. The van der Waals surface area contributed by atoms with E-state index in [0.29, 0.717) is 10.9 Å². The number of amides is 1. The molecule has 0 radical (unpaired) electrons. The summed E-state index contributed by atoms with van der Waals surface area (Å²) in [6.45, 7) is 1.62. The van der Waals surface area contributed by atoms with Crippen LogP contribution < -0.4 is 5.32 Å². The lowest BCUT2D eigenvalue weighted by Crippen LogP contribution is -2.14. The van der Waals surface area contributed by atoms with Gasteiger partial charge in [0.2, 0.25) is 11.8 Å². The number of aromatic nitrogens is 3. The van der Waals surface area contributed by atoms with Crippen molar-refractivity contribution in [3.63, 3.8) is 0 Å². The smallest absolute Gasteiger partial charge is 0.337 e. The van der Waals surface area contributed by atoms with Gasteiger partial charge in [-0.05, 0) is 12.1 Å². The minimum Gasteiger partial charge on any atom is -0.478 e. The highest BCUT2D eigenvalue weighted by Crippen LogP contribution is 2.15. The molecule has 2 heterocycles. The maximum atomic E-state index is 11.6. The standard InChI is InChI=1S/C11H10N4O4S/c1-6-14-15-11(19-6)13-8(16)5-20-9-3-2-7(4-12-9)10(17)18/h2-4H,5H2,1H3,(H,17,18)(H,13,15,16). The number of carbonyl (C=O) groups is 2. The lowest BCUT2D eigenvalue weighted by molar-refractivity contribution is -0.113. The van der Waals surface area contributed by atoms with E-state index in [-0.39, 0.29) is 23.2 Å². The fraction of sp³-hybridized carbons (Fsp3) is 0.182. The SMILES string of the molecule is Cc1nnc(NC(=O)CSc2ccc(C(=O)O)cn2)o1. The average Bonchev–Trinajstić information content (AvgIpc) is 2.82. The van der Waals surface area contributed by atoms with E-state index in [0.717, 1.165) is 0 Å². The molecule has 0 aliphatic rings. The van der Waals surface area contributed by atoms with Gasteiger partial charge in [0.05, 0.1) is 16.3 Å². The second kappa shape index (κ2) is 6.15. The molecular weight excluding hydrogens is 284 g/mol. The zero-order valence-corrected chi connectivity index (χ0v) is 11.2. The van der Waals surface area contributed by atoms with Crippen molar-refractivity contribution in [3.8, 4) is 0 Å². The molecule has 0 aromatic carbocycles. The molecule has 0 unspecified atom stereocenters. The highest BCUT2D eigenvalue weighted by molar-refractivity contribution is 7.99. The Bertz CT molecular complexity index is 626. The van der Waals surface area contributed by atoms with E-state index in [1.54, 1.807) is 6.92 Å². The minimum absolute atomic E-state index is 0.0438. The first kappa shape index (κ1) is 14.0. The number of carboxylic acids is 1. The highest BCUT2D eigenvalue weighted by Gasteiger charge is 2.09. The molecule has 0 atom stereocenters. The first-order chi connectivity index (χ1) is 9.54. The molecule has 1 amide bonds. The number of pyridine rings is 1. The number of aryl methyl sites for hydroxylation is 1. The summed E-state index contributed by atoms with van der Waals surface area (Å²) in [7, 11) is 0. The van der Waals surface area contributed by atoms with Crippen LogP contribution in [0.3, 0.4) is 0 Å². The predicted molar refractivity (Wildman–Crippen MR) is 69.6 cm³/mol. The minimum atomic E-state index is -1.04. The maximum absolute atomic E-state index is 11.6. The fourth-order valence-corrected chi connectivity index (χ4v) is 1.88. The Labute approximate surface area is 117 Å². The molecule has 9 heteroatoms. The molecule has 2 aromatic heterocycles. The van der Waals surface area contributed by atoms with Crippen LogP contribution in [0.15, 0.2) is 27.8 Å². The van der Waals surface area contributed by atoms with Crippen molar-refractivity contribution in [2.24, 2.45) is 0 Å². The summed E-state index contributed by atoms with van der Waals surface area (Å²) in [5, 5.41) is 18.9. The summed E-state index contributed by atoms with van der Waals surface area (Å²) >= 11 is 1.17. The third-order valence-corrected chi connectivity index (χ3v) is 3.05. The number of aromatic carboxylic acids is 1. The van der Waals surface area contributed by atoms with Crippen LogP contribution in [-0.4, -0.2) is 37.9 Å². The molecule has 0 fully saturated rings. The second-order valence-electron chi connectivity index (χ2n) is 3.65. The summed E-state index contributed by atoms with van der Waals surface area (Å²) < 4.78 is 5.00. The Kier molecular flexibility index (Phi) is 4.31. The van der Waals surface area contributed by atoms with Crippen LogP contribution in [0.4, 0.5) is 6.01 Å². The molecule has 0 aliphatic heterocycles. The lowest BCUT2D eigenvalue weighted by atomic mass is 10.3. The average molecular weight is 294 g/mol. The van der Waals surface area contributed by atoms with Gasteiger partial charge >= 0.3 is 12.0 Å². The molecule has 0 spiro atoms. The number of hydrogen-bond acceptors (Lipinski definition) is 7. The number of carbonyl (C=O) groups excluding carboxylic acids is 1.